The van der Waals surface area contributed by atoms with Gasteiger partial charge in [-0.25, -0.2) is 0 Å². The van der Waals surface area contributed by atoms with E-state index >= 15 is 0 Å². The minimum atomic E-state index is -0.165. The van der Waals surface area contributed by atoms with E-state index in [1.54, 1.807) is 6.07 Å². The van der Waals surface area contributed by atoms with Gasteiger partial charge in [0.05, 0.1) is 23.6 Å². The van der Waals surface area contributed by atoms with Crippen molar-refractivity contribution < 1.29 is 9.53 Å². The molecule has 1 heterocycles. The van der Waals surface area contributed by atoms with Crippen molar-refractivity contribution >= 4 is 27.5 Å². The van der Waals surface area contributed by atoms with E-state index in [1.807, 2.05) is 73.1 Å². The minimum Gasteiger partial charge on any atom is -0.489 e. The molecule has 0 bridgehead atoms. The van der Waals surface area contributed by atoms with Gasteiger partial charge in [-0.3, -0.25) is 9.48 Å². The van der Waals surface area contributed by atoms with E-state index in [1.165, 1.54) is 11.1 Å². The first-order chi connectivity index (χ1) is 15.9. The maximum Gasteiger partial charge on any atom is 0.255 e. The molecule has 0 atom stereocenters. The van der Waals surface area contributed by atoms with Crippen LogP contribution >= 0.6 is 15.9 Å². The standard InChI is InChI=1S/C27H26BrN3O2/c1-18-7-4-5-9-23(18)16-31-20(3)26(19(2)30-31)29-27(32)22-10-6-8-21(15-22)17-33-25-13-11-24(28)12-14-25/h4-15H,16-17H2,1-3H3,(H,29,32). The third-order valence-electron chi connectivity index (χ3n) is 5.61. The molecule has 168 valence electrons. The molecule has 4 aromatic rings. The lowest BCUT2D eigenvalue weighted by atomic mass is 10.1. The van der Waals surface area contributed by atoms with E-state index in [0.717, 1.165) is 32.9 Å². The van der Waals surface area contributed by atoms with Gasteiger partial charge in [0.2, 0.25) is 0 Å². The molecule has 5 nitrogen and oxygen atoms in total. The largest absolute Gasteiger partial charge is 0.489 e. The number of aromatic nitrogens is 2. The summed E-state index contributed by atoms with van der Waals surface area (Å²) in [6.07, 6.45) is 0. The molecule has 6 heteroatoms. The van der Waals surface area contributed by atoms with Crippen molar-refractivity contribution in [3.8, 4) is 5.75 Å². The van der Waals surface area contributed by atoms with Crippen LogP contribution in [0.1, 0.15) is 38.4 Å². The third kappa shape index (κ3) is 5.52. The second-order valence-electron chi connectivity index (χ2n) is 8.03. The Labute approximate surface area is 202 Å². The van der Waals surface area contributed by atoms with E-state index in [2.05, 4.69) is 45.4 Å². The van der Waals surface area contributed by atoms with Gasteiger partial charge < -0.3 is 10.1 Å². The Morgan fingerprint density at radius 1 is 1.00 bits per heavy atom. The lowest BCUT2D eigenvalue weighted by molar-refractivity contribution is 0.102. The molecule has 0 aliphatic heterocycles. The number of anilines is 1. The zero-order chi connectivity index (χ0) is 23.4. The molecule has 0 radical (unpaired) electrons. The second-order valence-corrected chi connectivity index (χ2v) is 8.94. The number of benzene rings is 3. The molecule has 1 N–H and O–H groups in total. The lowest BCUT2D eigenvalue weighted by Crippen LogP contribution is -2.14. The van der Waals surface area contributed by atoms with Crippen LogP contribution in [0.15, 0.2) is 77.3 Å². The molecule has 0 aliphatic rings. The van der Waals surface area contributed by atoms with Gasteiger partial charge >= 0.3 is 0 Å². The van der Waals surface area contributed by atoms with Crippen LogP contribution < -0.4 is 10.1 Å². The molecule has 0 saturated carbocycles. The smallest absolute Gasteiger partial charge is 0.255 e. The van der Waals surface area contributed by atoms with Crippen molar-refractivity contribution in [2.75, 3.05) is 5.32 Å². The number of nitrogens with zero attached hydrogens (tertiary/aromatic N) is 2. The van der Waals surface area contributed by atoms with E-state index in [-0.39, 0.29) is 5.91 Å². The summed E-state index contributed by atoms with van der Waals surface area (Å²) in [5, 5.41) is 7.71. The van der Waals surface area contributed by atoms with Gasteiger partial charge in [0.1, 0.15) is 12.4 Å². The maximum absolute atomic E-state index is 13.0. The topological polar surface area (TPSA) is 56.2 Å². The molecule has 1 amide bonds. The summed E-state index contributed by atoms with van der Waals surface area (Å²) in [6, 6.07) is 23.4. The van der Waals surface area contributed by atoms with Crippen molar-refractivity contribution in [2.24, 2.45) is 0 Å². The number of ether oxygens (including phenoxy) is 1. The number of aryl methyl sites for hydroxylation is 2. The van der Waals surface area contributed by atoms with Crippen LogP contribution in [0.2, 0.25) is 0 Å². The van der Waals surface area contributed by atoms with Gasteiger partial charge in [0, 0.05) is 10.0 Å². The van der Waals surface area contributed by atoms with Gasteiger partial charge in [-0.15, -0.1) is 0 Å². The predicted octanol–water partition coefficient (Wildman–Crippen LogP) is 6.45. The highest BCUT2D eigenvalue weighted by molar-refractivity contribution is 9.10. The number of nitrogens with one attached hydrogen (secondary N) is 1. The number of hydrogen-bond acceptors (Lipinski definition) is 3. The normalized spacial score (nSPS) is 10.8. The molecule has 0 unspecified atom stereocenters. The van der Waals surface area contributed by atoms with Gasteiger partial charge in [0.15, 0.2) is 0 Å². The summed E-state index contributed by atoms with van der Waals surface area (Å²) in [4.78, 5) is 13.0. The van der Waals surface area contributed by atoms with Crippen LogP contribution in [0, 0.1) is 20.8 Å². The highest BCUT2D eigenvalue weighted by Gasteiger charge is 2.16. The van der Waals surface area contributed by atoms with Crippen LogP contribution in [-0.2, 0) is 13.2 Å². The highest BCUT2D eigenvalue weighted by Crippen LogP contribution is 2.23. The summed E-state index contributed by atoms with van der Waals surface area (Å²) in [6.45, 7) is 7.04. The monoisotopic (exact) mass is 503 g/mol. The summed E-state index contributed by atoms with van der Waals surface area (Å²) in [5.41, 5.74) is 6.41. The molecule has 3 aromatic carbocycles. The van der Waals surface area contributed by atoms with Gasteiger partial charge in [-0.2, -0.15) is 5.10 Å². The summed E-state index contributed by atoms with van der Waals surface area (Å²) >= 11 is 3.42. The van der Waals surface area contributed by atoms with Crippen LogP contribution in [0.3, 0.4) is 0 Å². The van der Waals surface area contributed by atoms with Crippen LogP contribution in [0.5, 0.6) is 5.75 Å². The number of amides is 1. The van der Waals surface area contributed by atoms with E-state index in [4.69, 9.17) is 4.74 Å². The number of hydrogen-bond donors (Lipinski definition) is 1. The minimum absolute atomic E-state index is 0.165. The molecule has 0 spiro atoms. The van der Waals surface area contributed by atoms with Crippen molar-refractivity contribution in [1.82, 2.24) is 9.78 Å². The van der Waals surface area contributed by atoms with E-state index in [9.17, 15) is 4.79 Å². The fraction of sp³-hybridized carbons (Fsp3) is 0.185. The second kappa shape index (κ2) is 10.0. The average molecular weight is 504 g/mol. The summed E-state index contributed by atoms with van der Waals surface area (Å²) in [5.74, 6) is 0.613. The van der Waals surface area contributed by atoms with Crippen molar-refractivity contribution in [3.63, 3.8) is 0 Å². The lowest BCUT2D eigenvalue weighted by Gasteiger charge is -2.10. The van der Waals surface area contributed by atoms with Gasteiger partial charge in [-0.1, -0.05) is 52.3 Å². The van der Waals surface area contributed by atoms with E-state index < -0.39 is 0 Å². The average Bonchev–Trinajstić information content (AvgIpc) is 3.07. The van der Waals surface area contributed by atoms with Crippen molar-refractivity contribution in [3.05, 3.63) is 111 Å². The van der Waals surface area contributed by atoms with Crippen LogP contribution in [-0.4, -0.2) is 15.7 Å². The van der Waals surface area contributed by atoms with E-state index in [0.29, 0.717) is 18.7 Å². The fourth-order valence-corrected chi connectivity index (χ4v) is 3.93. The SMILES string of the molecule is Cc1ccccc1Cn1nc(C)c(NC(=O)c2cccc(COc3ccc(Br)cc3)c2)c1C. The molecule has 33 heavy (non-hydrogen) atoms. The quantitative estimate of drug-likeness (QED) is 0.315. The van der Waals surface area contributed by atoms with Gasteiger partial charge in [0.25, 0.3) is 5.91 Å². The molecule has 0 saturated heterocycles. The molecular weight excluding hydrogens is 478 g/mol. The van der Waals surface area contributed by atoms with Crippen molar-refractivity contribution in [1.29, 1.82) is 0 Å². The summed E-state index contributed by atoms with van der Waals surface area (Å²) in [7, 11) is 0. The molecule has 4 rings (SSSR count). The van der Waals surface area contributed by atoms with Crippen LogP contribution in [0.25, 0.3) is 0 Å². The summed E-state index contributed by atoms with van der Waals surface area (Å²) < 4.78 is 8.78. The Balaban J connectivity index is 1.46. The molecule has 0 aliphatic carbocycles. The Morgan fingerprint density at radius 2 is 1.76 bits per heavy atom. The first kappa shape index (κ1) is 22.8. The molecular formula is C27H26BrN3O2. The highest BCUT2D eigenvalue weighted by atomic mass is 79.9. The molecule has 0 fully saturated rings. The predicted molar refractivity (Wildman–Crippen MR) is 135 cm³/mol. The number of halogens is 1. The number of carbonyl (C=O) groups is 1. The maximum atomic E-state index is 13.0. The number of rotatable bonds is 7. The van der Waals surface area contributed by atoms with Gasteiger partial charge in [-0.05, 0) is 73.9 Å². The first-order valence-electron chi connectivity index (χ1n) is 10.8. The first-order valence-corrected chi connectivity index (χ1v) is 11.6. The zero-order valence-corrected chi connectivity index (χ0v) is 20.5. The Kier molecular flexibility index (Phi) is 6.94. The zero-order valence-electron chi connectivity index (χ0n) is 18.9. The van der Waals surface area contributed by atoms with Crippen molar-refractivity contribution in [2.45, 2.75) is 33.9 Å². The Bertz CT molecular complexity index is 1280. The number of carbonyl (C=O) groups excluding carboxylic acids is 1. The Morgan fingerprint density at radius 3 is 2.52 bits per heavy atom. The fourth-order valence-electron chi connectivity index (χ4n) is 3.67. The Hall–Kier alpha value is -3.38. The van der Waals surface area contributed by atoms with Crippen LogP contribution in [0.4, 0.5) is 5.69 Å². The third-order valence-corrected chi connectivity index (χ3v) is 6.14. The molecule has 1 aromatic heterocycles.